The van der Waals surface area contributed by atoms with Crippen molar-refractivity contribution in [2.75, 3.05) is 12.0 Å². The number of para-hydroxylation sites is 3. The van der Waals surface area contributed by atoms with Gasteiger partial charge in [-0.05, 0) is 31.2 Å². The monoisotopic (exact) mass is 394 g/mol. The number of hydrogen-bond donors (Lipinski definition) is 0. The van der Waals surface area contributed by atoms with Crippen LogP contribution in [0.25, 0.3) is 17.0 Å². The van der Waals surface area contributed by atoms with E-state index in [4.69, 9.17) is 17.0 Å². The van der Waals surface area contributed by atoms with Crippen LogP contribution in [0.15, 0.2) is 53.4 Å². The van der Waals surface area contributed by atoms with Crippen molar-refractivity contribution in [1.82, 2.24) is 4.57 Å². The Morgan fingerprint density at radius 2 is 1.81 bits per heavy atom. The number of benzene rings is 2. The van der Waals surface area contributed by atoms with Gasteiger partial charge >= 0.3 is 0 Å². The second-order valence-corrected chi connectivity index (χ2v) is 7.94. The van der Waals surface area contributed by atoms with Gasteiger partial charge in [-0.1, -0.05) is 54.3 Å². The van der Waals surface area contributed by atoms with Gasteiger partial charge in [-0.2, -0.15) is 0 Å². The first-order valence-corrected chi connectivity index (χ1v) is 9.70. The Bertz CT molecular complexity index is 1110. The van der Waals surface area contributed by atoms with Crippen LogP contribution >= 0.6 is 24.0 Å². The number of aromatic nitrogens is 1. The van der Waals surface area contributed by atoms with E-state index in [9.17, 15) is 4.79 Å². The number of carbonyl (C=O) groups excluding carboxylic acids is 1. The van der Waals surface area contributed by atoms with Gasteiger partial charge < -0.3 is 9.30 Å². The highest BCUT2D eigenvalue weighted by atomic mass is 32.2. The molecule has 1 aliphatic heterocycles. The summed E-state index contributed by atoms with van der Waals surface area (Å²) in [6.45, 7) is 2.06. The molecule has 3 aromatic rings. The lowest BCUT2D eigenvalue weighted by Gasteiger charge is -2.17. The summed E-state index contributed by atoms with van der Waals surface area (Å²) in [4.78, 5) is 15.3. The molecule has 0 saturated carbocycles. The number of aryl methyl sites for hydroxylation is 1. The molecule has 4 rings (SSSR count). The van der Waals surface area contributed by atoms with E-state index < -0.39 is 0 Å². The molecule has 0 unspecified atom stereocenters. The molecule has 0 spiro atoms. The number of thiocarbonyl (C=S) groups is 1. The van der Waals surface area contributed by atoms with Crippen LogP contribution in [0.1, 0.15) is 11.3 Å². The van der Waals surface area contributed by atoms with E-state index in [1.165, 1.54) is 11.8 Å². The Morgan fingerprint density at radius 1 is 1.11 bits per heavy atom. The predicted molar refractivity (Wildman–Crippen MR) is 116 cm³/mol. The summed E-state index contributed by atoms with van der Waals surface area (Å²) in [5.74, 6) is 0.498. The maximum Gasteiger partial charge on any atom is 0.270 e. The topological polar surface area (TPSA) is 34.5 Å². The number of methoxy groups -OCH3 is 1. The van der Waals surface area contributed by atoms with E-state index in [2.05, 4.69) is 23.6 Å². The summed E-state index contributed by atoms with van der Waals surface area (Å²) in [6.07, 6.45) is 1.95. The van der Waals surface area contributed by atoms with Gasteiger partial charge in [0.15, 0.2) is 4.32 Å². The van der Waals surface area contributed by atoms with Gasteiger partial charge in [0.2, 0.25) is 0 Å². The van der Waals surface area contributed by atoms with Crippen molar-refractivity contribution >= 4 is 56.9 Å². The van der Waals surface area contributed by atoms with Gasteiger partial charge in [0.05, 0.1) is 17.7 Å². The third kappa shape index (κ3) is 2.85. The molecule has 0 radical (unpaired) electrons. The summed E-state index contributed by atoms with van der Waals surface area (Å²) in [7, 11) is 3.63. The molecule has 6 heteroatoms. The van der Waals surface area contributed by atoms with E-state index in [1.54, 1.807) is 12.0 Å². The Kier molecular flexibility index (Phi) is 4.53. The van der Waals surface area contributed by atoms with Crippen molar-refractivity contribution in [1.29, 1.82) is 0 Å². The van der Waals surface area contributed by atoms with Crippen molar-refractivity contribution in [3.05, 3.63) is 64.7 Å². The lowest BCUT2D eigenvalue weighted by atomic mass is 10.1. The zero-order chi connectivity index (χ0) is 19.1. The minimum absolute atomic E-state index is 0.123. The molecule has 0 atom stereocenters. The fourth-order valence-corrected chi connectivity index (χ4v) is 4.62. The zero-order valence-corrected chi connectivity index (χ0v) is 16.9. The number of carbonyl (C=O) groups is 1. The van der Waals surface area contributed by atoms with Crippen LogP contribution in [0.2, 0.25) is 0 Å². The van der Waals surface area contributed by atoms with Crippen LogP contribution in [-0.2, 0) is 11.8 Å². The lowest BCUT2D eigenvalue weighted by Crippen LogP contribution is -2.27. The Morgan fingerprint density at radius 3 is 2.59 bits per heavy atom. The van der Waals surface area contributed by atoms with Gasteiger partial charge in [0.1, 0.15) is 5.75 Å². The highest BCUT2D eigenvalue weighted by Crippen LogP contribution is 2.40. The molecule has 0 aliphatic carbocycles. The highest BCUT2D eigenvalue weighted by Gasteiger charge is 2.35. The van der Waals surface area contributed by atoms with Crippen LogP contribution in [0, 0.1) is 6.92 Å². The summed E-state index contributed by atoms with van der Waals surface area (Å²) in [6, 6.07) is 15.6. The average molecular weight is 395 g/mol. The fourth-order valence-electron chi connectivity index (χ4n) is 3.35. The fraction of sp³-hybridized carbons (Fsp3) is 0.143. The van der Waals surface area contributed by atoms with Crippen LogP contribution < -0.4 is 9.64 Å². The van der Waals surface area contributed by atoms with Crippen molar-refractivity contribution in [2.24, 2.45) is 7.05 Å². The molecule has 2 heterocycles. The van der Waals surface area contributed by atoms with Gasteiger partial charge in [-0.3, -0.25) is 9.69 Å². The first kappa shape index (κ1) is 17.8. The second-order valence-electron chi connectivity index (χ2n) is 6.26. The summed E-state index contributed by atoms with van der Waals surface area (Å²) < 4.78 is 8.05. The van der Waals surface area contributed by atoms with E-state index in [1.807, 2.05) is 49.5 Å². The molecule has 4 nitrogen and oxygen atoms in total. The number of amides is 1. The van der Waals surface area contributed by atoms with Crippen LogP contribution in [0.3, 0.4) is 0 Å². The number of rotatable bonds is 3. The first-order chi connectivity index (χ1) is 13.0. The minimum Gasteiger partial charge on any atom is -0.495 e. The molecule has 0 bridgehead atoms. The lowest BCUT2D eigenvalue weighted by molar-refractivity contribution is -0.113. The van der Waals surface area contributed by atoms with Gasteiger partial charge in [-0.25, -0.2) is 0 Å². The van der Waals surface area contributed by atoms with Crippen molar-refractivity contribution in [3.63, 3.8) is 0 Å². The van der Waals surface area contributed by atoms with Gasteiger partial charge in [0, 0.05) is 29.2 Å². The average Bonchev–Trinajstić information content (AvgIpc) is 3.10. The molecule has 1 amide bonds. The molecule has 1 saturated heterocycles. The molecular weight excluding hydrogens is 376 g/mol. The number of nitrogens with zero attached hydrogens (tertiary/aromatic N) is 2. The quantitative estimate of drug-likeness (QED) is 0.467. The van der Waals surface area contributed by atoms with Crippen molar-refractivity contribution in [3.8, 4) is 5.75 Å². The van der Waals surface area contributed by atoms with Crippen molar-refractivity contribution < 1.29 is 9.53 Å². The summed E-state index contributed by atoms with van der Waals surface area (Å²) in [5.41, 5.74) is 3.97. The molecule has 1 aromatic heterocycles. The molecule has 136 valence electrons. The number of anilines is 1. The van der Waals surface area contributed by atoms with Gasteiger partial charge in [0.25, 0.3) is 5.91 Å². The van der Waals surface area contributed by atoms with Gasteiger partial charge in [-0.15, -0.1) is 0 Å². The molecular formula is C21H18N2O2S2. The van der Waals surface area contributed by atoms with Crippen LogP contribution in [-0.4, -0.2) is 21.9 Å². The number of hydrogen-bond acceptors (Lipinski definition) is 4. The molecule has 27 heavy (non-hydrogen) atoms. The maximum atomic E-state index is 13.1. The predicted octanol–water partition coefficient (Wildman–Crippen LogP) is 4.90. The minimum atomic E-state index is -0.123. The number of ether oxygens (including phenoxy) is 1. The third-order valence-electron chi connectivity index (χ3n) is 4.84. The largest absolute Gasteiger partial charge is 0.495 e. The standard InChI is InChI=1S/C21H18N2O2S2/c1-13-15(14-8-4-5-9-16(14)22(13)2)12-19-20(24)23(21(26)27-19)17-10-6-7-11-18(17)25-3/h4-12H,1-3H3/b19-12-. The summed E-state index contributed by atoms with van der Waals surface area (Å²) >= 11 is 6.82. The van der Waals surface area contributed by atoms with Crippen molar-refractivity contribution in [2.45, 2.75) is 6.92 Å². The highest BCUT2D eigenvalue weighted by molar-refractivity contribution is 8.27. The third-order valence-corrected chi connectivity index (χ3v) is 6.15. The first-order valence-electron chi connectivity index (χ1n) is 8.48. The number of fused-ring (bicyclic) bond motifs is 1. The second kappa shape index (κ2) is 6.87. The summed E-state index contributed by atoms with van der Waals surface area (Å²) in [5, 5.41) is 1.13. The molecule has 1 fully saturated rings. The number of thioether (sulfide) groups is 1. The van der Waals surface area contributed by atoms with E-state index in [0.29, 0.717) is 20.7 Å². The van der Waals surface area contributed by atoms with Crippen LogP contribution in [0.4, 0.5) is 5.69 Å². The zero-order valence-electron chi connectivity index (χ0n) is 15.2. The Balaban J connectivity index is 1.80. The van der Waals surface area contributed by atoms with Crippen LogP contribution in [0.5, 0.6) is 5.75 Å². The molecule has 2 aromatic carbocycles. The SMILES string of the molecule is COc1ccccc1N1C(=O)/C(=C/c2c(C)n(C)c3ccccc23)SC1=S. The molecule has 0 N–H and O–H groups in total. The van der Waals surface area contributed by atoms with E-state index in [0.717, 1.165) is 22.2 Å². The Hall–Kier alpha value is -2.57. The smallest absolute Gasteiger partial charge is 0.270 e. The molecule has 1 aliphatic rings. The van der Waals surface area contributed by atoms with E-state index >= 15 is 0 Å². The maximum absolute atomic E-state index is 13.1. The van der Waals surface area contributed by atoms with E-state index in [-0.39, 0.29) is 5.91 Å². The Labute approximate surface area is 167 Å². The normalized spacial score (nSPS) is 16.0.